The van der Waals surface area contributed by atoms with E-state index in [2.05, 4.69) is 13.8 Å². The van der Waals surface area contributed by atoms with E-state index in [9.17, 15) is 9.59 Å². The second-order valence-corrected chi connectivity index (χ2v) is 8.04. The summed E-state index contributed by atoms with van der Waals surface area (Å²) in [6, 6.07) is 15.4. The topological polar surface area (TPSA) is 62.5 Å². The number of nitrogens with zero attached hydrogens (tertiary/aromatic N) is 2. The zero-order chi connectivity index (χ0) is 22.2. The van der Waals surface area contributed by atoms with Crippen LogP contribution in [0.15, 0.2) is 65.7 Å². The number of aromatic nitrogens is 2. The van der Waals surface area contributed by atoms with Gasteiger partial charge in [-0.1, -0.05) is 50.6 Å². The van der Waals surface area contributed by atoms with Gasteiger partial charge >= 0.3 is 5.69 Å². The molecule has 0 spiro atoms. The number of ether oxygens (including phenoxy) is 2. The molecule has 0 saturated heterocycles. The molecule has 164 valence electrons. The first-order valence-electron chi connectivity index (χ1n) is 10.6. The number of hydrogen-bond donors (Lipinski definition) is 0. The minimum atomic E-state index is -0.292. The maximum atomic E-state index is 12.6. The quantitative estimate of drug-likeness (QED) is 0.473. The molecular formula is C25H30N2O4. The normalized spacial score (nSPS) is 11.0. The van der Waals surface area contributed by atoms with Gasteiger partial charge in [-0.25, -0.2) is 9.36 Å². The minimum Gasteiger partial charge on any atom is -0.497 e. The lowest BCUT2D eigenvalue weighted by atomic mass is 10.1. The first kappa shape index (κ1) is 22.4. The molecule has 0 fully saturated rings. The summed E-state index contributed by atoms with van der Waals surface area (Å²) in [4.78, 5) is 24.9. The van der Waals surface area contributed by atoms with Crippen molar-refractivity contribution < 1.29 is 14.3 Å². The molecule has 0 unspecified atom stereocenters. The van der Waals surface area contributed by atoms with E-state index in [-0.39, 0.29) is 11.6 Å². The predicted octanol–water partition coefficient (Wildman–Crippen LogP) is 4.75. The van der Waals surface area contributed by atoms with E-state index < -0.39 is 0 Å². The number of methoxy groups -OCH3 is 1. The van der Waals surface area contributed by atoms with E-state index in [4.69, 9.17) is 9.47 Å². The van der Waals surface area contributed by atoms with Crippen LogP contribution in [-0.4, -0.2) is 22.2 Å². The van der Waals surface area contributed by atoms with Gasteiger partial charge < -0.3 is 9.47 Å². The Morgan fingerprint density at radius 3 is 2.42 bits per heavy atom. The Kier molecular flexibility index (Phi) is 7.70. The summed E-state index contributed by atoms with van der Waals surface area (Å²) in [6.07, 6.45) is 5.41. The van der Waals surface area contributed by atoms with Crippen LogP contribution in [0.1, 0.15) is 49.0 Å². The summed E-state index contributed by atoms with van der Waals surface area (Å²) in [5, 5.41) is 0. The van der Waals surface area contributed by atoms with Crippen molar-refractivity contribution in [1.29, 1.82) is 0 Å². The molecule has 3 rings (SSSR count). The average molecular weight is 423 g/mol. The Balaban J connectivity index is 1.56. The Morgan fingerprint density at radius 2 is 1.71 bits per heavy atom. The van der Waals surface area contributed by atoms with Crippen molar-refractivity contribution in [1.82, 2.24) is 9.13 Å². The van der Waals surface area contributed by atoms with Crippen LogP contribution >= 0.6 is 0 Å². The lowest BCUT2D eigenvalue weighted by Gasteiger charge is -2.09. The molecule has 0 aliphatic rings. The molecule has 0 aliphatic heterocycles. The first-order chi connectivity index (χ1) is 15.0. The smallest absolute Gasteiger partial charge is 0.335 e. The standard InChI is InChI=1S/C25H30N2O4/c1-19(2)6-4-9-24(28)27-15-14-26(25(27)29)17-20-10-12-21(13-11-20)18-31-23-8-5-7-22(16-23)30-3/h5,7-8,10-16,19H,4,6,9,17-18H2,1-3H3. The van der Waals surface area contributed by atoms with E-state index in [1.165, 1.54) is 4.57 Å². The summed E-state index contributed by atoms with van der Waals surface area (Å²) < 4.78 is 13.8. The molecule has 0 radical (unpaired) electrons. The molecular weight excluding hydrogens is 392 g/mol. The largest absolute Gasteiger partial charge is 0.497 e. The minimum absolute atomic E-state index is 0.144. The molecule has 0 aliphatic carbocycles. The Morgan fingerprint density at radius 1 is 1.00 bits per heavy atom. The zero-order valence-corrected chi connectivity index (χ0v) is 18.4. The van der Waals surface area contributed by atoms with Gasteiger partial charge in [-0.2, -0.15) is 0 Å². The van der Waals surface area contributed by atoms with Gasteiger partial charge in [-0.3, -0.25) is 9.36 Å². The van der Waals surface area contributed by atoms with Crippen LogP contribution < -0.4 is 15.2 Å². The Hall–Kier alpha value is -3.28. The van der Waals surface area contributed by atoms with Crippen LogP contribution in [0.2, 0.25) is 0 Å². The highest BCUT2D eigenvalue weighted by Crippen LogP contribution is 2.20. The molecule has 31 heavy (non-hydrogen) atoms. The van der Waals surface area contributed by atoms with E-state index >= 15 is 0 Å². The molecule has 1 heterocycles. The molecule has 0 saturated carbocycles. The van der Waals surface area contributed by atoms with Gasteiger partial charge in [0, 0.05) is 24.9 Å². The van der Waals surface area contributed by atoms with Gasteiger partial charge in [-0.15, -0.1) is 0 Å². The fourth-order valence-electron chi connectivity index (χ4n) is 3.30. The van der Waals surface area contributed by atoms with Crippen LogP contribution in [0.25, 0.3) is 0 Å². The van der Waals surface area contributed by atoms with Crippen LogP contribution in [-0.2, 0) is 13.2 Å². The number of benzene rings is 2. The zero-order valence-electron chi connectivity index (χ0n) is 18.4. The highest BCUT2D eigenvalue weighted by molar-refractivity contribution is 5.78. The van der Waals surface area contributed by atoms with Gasteiger partial charge in [0.15, 0.2) is 0 Å². The van der Waals surface area contributed by atoms with Crippen molar-refractivity contribution in [2.45, 2.75) is 46.3 Å². The third-order valence-corrected chi connectivity index (χ3v) is 5.11. The summed E-state index contributed by atoms with van der Waals surface area (Å²) in [6.45, 7) is 5.11. The number of carbonyl (C=O) groups excluding carboxylic acids is 1. The van der Waals surface area contributed by atoms with Crippen molar-refractivity contribution >= 4 is 5.91 Å². The fraction of sp³-hybridized carbons (Fsp3) is 0.360. The van der Waals surface area contributed by atoms with Crippen LogP contribution in [0.3, 0.4) is 0 Å². The van der Waals surface area contributed by atoms with Gasteiger partial charge in [0.2, 0.25) is 5.91 Å². The van der Waals surface area contributed by atoms with E-state index in [1.54, 1.807) is 24.1 Å². The van der Waals surface area contributed by atoms with Crippen molar-refractivity contribution in [3.63, 3.8) is 0 Å². The molecule has 6 heteroatoms. The van der Waals surface area contributed by atoms with Crippen LogP contribution in [0, 0.1) is 5.92 Å². The SMILES string of the molecule is COc1cccc(OCc2ccc(Cn3ccn(C(=O)CCCC(C)C)c3=O)cc2)c1. The third-order valence-electron chi connectivity index (χ3n) is 5.11. The van der Waals surface area contributed by atoms with Crippen molar-refractivity contribution in [2.75, 3.05) is 7.11 Å². The fourth-order valence-corrected chi connectivity index (χ4v) is 3.30. The van der Waals surface area contributed by atoms with Crippen molar-refractivity contribution in [3.05, 3.63) is 82.5 Å². The summed E-state index contributed by atoms with van der Waals surface area (Å²) >= 11 is 0. The molecule has 2 aromatic carbocycles. The molecule has 6 nitrogen and oxygen atoms in total. The monoisotopic (exact) mass is 422 g/mol. The molecule has 0 amide bonds. The van der Waals surface area contributed by atoms with Crippen LogP contribution in [0.4, 0.5) is 0 Å². The molecule has 3 aromatic rings. The lowest BCUT2D eigenvalue weighted by molar-refractivity contribution is 0.0893. The lowest BCUT2D eigenvalue weighted by Crippen LogP contribution is -2.28. The molecule has 0 atom stereocenters. The highest BCUT2D eigenvalue weighted by Gasteiger charge is 2.11. The number of carbonyl (C=O) groups is 1. The maximum Gasteiger partial charge on any atom is 0.335 e. The molecule has 0 N–H and O–H groups in total. The molecule has 0 bridgehead atoms. The van der Waals surface area contributed by atoms with Gasteiger partial charge in [0.05, 0.1) is 13.7 Å². The second kappa shape index (κ2) is 10.7. The number of imidazole rings is 1. The van der Waals surface area contributed by atoms with Gasteiger partial charge in [0.1, 0.15) is 18.1 Å². The average Bonchev–Trinajstić information content (AvgIpc) is 3.13. The summed E-state index contributed by atoms with van der Waals surface area (Å²) in [5.74, 6) is 1.91. The van der Waals surface area contributed by atoms with Crippen LogP contribution in [0.5, 0.6) is 11.5 Å². The molecule has 1 aromatic heterocycles. The predicted molar refractivity (Wildman–Crippen MR) is 121 cm³/mol. The summed E-state index contributed by atoms with van der Waals surface area (Å²) in [7, 11) is 1.63. The maximum absolute atomic E-state index is 12.6. The van der Waals surface area contributed by atoms with Crippen molar-refractivity contribution in [2.24, 2.45) is 5.92 Å². The Bertz CT molecular complexity index is 1050. The third kappa shape index (κ3) is 6.35. The van der Waals surface area contributed by atoms with Gasteiger partial charge in [-0.05, 0) is 35.6 Å². The van der Waals surface area contributed by atoms with Gasteiger partial charge in [0.25, 0.3) is 0 Å². The summed E-state index contributed by atoms with van der Waals surface area (Å²) in [5.41, 5.74) is 1.72. The van der Waals surface area contributed by atoms with Crippen molar-refractivity contribution in [3.8, 4) is 11.5 Å². The Labute approximate surface area is 183 Å². The first-order valence-corrected chi connectivity index (χ1v) is 10.6. The van der Waals surface area contributed by atoms with E-state index in [0.717, 1.165) is 35.5 Å². The van der Waals surface area contributed by atoms with E-state index in [1.807, 2.05) is 48.5 Å². The van der Waals surface area contributed by atoms with E-state index in [0.29, 0.717) is 25.5 Å². The number of hydrogen-bond acceptors (Lipinski definition) is 4. The highest BCUT2D eigenvalue weighted by atomic mass is 16.5. The second-order valence-electron chi connectivity index (χ2n) is 8.04. The number of rotatable bonds is 10.